The number of nitrogens with one attached hydrogen (secondary N) is 2. The standard InChI is InChI=1S/C6H7ClN4O5S/c1-16-4-2-3(7)8-5(9-4)10-6(12)11-17(13,14)15/h2H,1H3,(H,13,14,15)(H2,8,9,10,11,12)/p-1. The zero-order chi connectivity index (χ0) is 13.1. The lowest BCUT2D eigenvalue weighted by Gasteiger charge is -2.09. The topological polar surface area (TPSA) is 133 Å². The zero-order valence-corrected chi connectivity index (χ0v) is 9.87. The Kier molecular flexibility index (Phi) is 4.04. The molecular weight excluding hydrogens is 276 g/mol. The maximum Gasteiger partial charge on any atom is 0.334 e. The van der Waals surface area contributed by atoms with Crippen LogP contribution in [-0.4, -0.2) is 36.1 Å². The molecule has 94 valence electrons. The van der Waals surface area contributed by atoms with Gasteiger partial charge in [0.2, 0.25) is 11.8 Å². The molecule has 17 heavy (non-hydrogen) atoms. The van der Waals surface area contributed by atoms with Crippen LogP contribution < -0.4 is 14.8 Å². The van der Waals surface area contributed by atoms with E-state index in [2.05, 4.69) is 9.97 Å². The molecule has 1 aromatic rings. The minimum Gasteiger partial charge on any atom is -0.731 e. The highest BCUT2D eigenvalue weighted by atomic mass is 35.5. The molecule has 0 aromatic carbocycles. The number of amides is 2. The Morgan fingerprint density at radius 2 is 2.18 bits per heavy atom. The lowest BCUT2D eigenvalue weighted by molar-refractivity contribution is 0.255. The number of anilines is 1. The average Bonchev–Trinajstić information content (AvgIpc) is 2.13. The number of carbonyl (C=O) groups excluding carboxylic acids is 1. The summed E-state index contributed by atoms with van der Waals surface area (Å²) in [7, 11) is -3.59. The summed E-state index contributed by atoms with van der Waals surface area (Å²) in [6, 6.07) is -0.0288. The van der Waals surface area contributed by atoms with Gasteiger partial charge in [-0.1, -0.05) is 11.6 Å². The average molecular weight is 282 g/mol. The van der Waals surface area contributed by atoms with Crippen molar-refractivity contribution in [2.24, 2.45) is 0 Å². The van der Waals surface area contributed by atoms with Gasteiger partial charge in [0.25, 0.3) is 0 Å². The SMILES string of the molecule is COc1cc(Cl)nc(NC(=O)NS(=O)(=O)[O-])n1. The van der Waals surface area contributed by atoms with Gasteiger partial charge < -0.3 is 9.29 Å². The first-order valence-electron chi connectivity index (χ1n) is 3.93. The van der Waals surface area contributed by atoms with Crippen molar-refractivity contribution in [1.82, 2.24) is 14.7 Å². The Morgan fingerprint density at radius 1 is 1.53 bits per heavy atom. The van der Waals surface area contributed by atoms with Crippen LogP contribution in [0.2, 0.25) is 5.15 Å². The van der Waals surface area contributed by atoms with Crippen molar-refractivity contribution < 1.29 is 22.5 Å². The number of halogens is 1. The quantitative estimate of drug-likeness (QED) is 0.575. The van der Waals surface area contributed by atoms with Crippen LogP contribution in [0.15, 0.2) is 6.07 Å². The molecule has 0 radical (unpaired) electrons. The summed E-state index contributed by atoms with van der Waals surface area (Å²) in [6.45, 7) is 0. The molecule has 1 rings (SSSR count). The lowest BCUT2D eigenvalue weighted by atomic mass is 10.6. The molecule has 2 amide bonds. The molecule has 0 fully saturated rings. The second kappa shape index (κ2) is 5.12. The van der Waals surface area contributed by atoms with Crippen molar-refractivity contribution in [3.63, 3.8) is 0 Å². The highest BCUT2D eigenvalue weighted by Crippen LogP contribution is 2.15. The molecule has 0 bridgehead atoms. The third-order valence-corrected chi connectivity index (χ3v) is 1.95. The van der Waals surface area contributed by atoms with E-state index in [9.17, 15) is 17.8 Å². The Labute approximate surface area is 101 Å². The van der Waals surface area contributed by atoms with Crippen molar-refractivity contribution in [3.8, 4) is 5.88 Å². The maximum absolute atomic E-state index is 11.0. The van der Waals surface area contributed by atoms with E-state index < -0.39 is 16.3 Å². The molecule has 0 saturated heterocycles. The Balaban J connectivity index is 2.81. The van der Waals surface area contributed by atoms with Crippen molar-refractivity contribution in [1.29, 1.82) is 0 Å². The monoisotopic (exact) mass is 281 g/mol. The second-order valence-electron chi connectivity index (χ2n) is 2.57. The van der Waals surface area contributed by atoms with E-state index in [0.717, 1.165) is 4.72 Å². The number of urea groups is 1. The molecule has 0 aliphatic rings. The van der Waals surface area contributed by atoms with Gasteiger partial charge in [-0.05, 0) is 0 Å². The van der Waals surface area contributed by atoms with Gasteiger partial charge in [-0.15, -0.1) is 0 Å². The number of nitrogens with zero attached hydrogens (tertiary/aromatic N) is 2. The van der Waals surface area contributed by atoms with E-state index in [4.69, 9.17) is 16.3 Å². The summed E-state index contributed by atoms with van der Waals surface area (Å²) in [5, 5.41) is 1.87. The first-order chi connectivity index (χ1) is 7.80. The van der Waals surface area contributed by atoms with Crippen LogP contribution >= 0.6 is 11.6 Å². The van der Waals surface area contributed by atoms with Crippen LogP contribution in [0.3, 0.4) is 0 Å². The summed E-state index contributed by atoms with van der Waals surface area (Å²) >= 11 is 5.56. The minimum absolute atomic E-state index is 0.0304. The molecule has 0 aliphatic heterocycles. The Morgan fingerprint density at radius 3 is 2.71 bits per heavy atom. The lowest BCUT2D eigenvalue weighted by Crippen LogP contribution is -2.34. The summed E-state index contributed by atoms with van der Waals surface area (Å²) in [4.78, 5) is 18.2. The minimum atomic E-state index is -4.90. The maximum atomic E-state index is 11.0. The van der Waals surface area contributed by atoms with Crippen LogP contribution in [0.25, 0.3) is 0 Å². The first-order valence-corrected chi connectivity index (χ1v) is 5.72. The zero-order valence-electron chi connectivity index (χ0n) is 8.30. The van der Waals surface area contributed by atoms with Gasteiger partial charge in [0, 0.05) is 6.07 Å². The molecule has 0 saturated carbocycles. The smallest absolute Gasteiger partial charge is 0.334 e. The number of ether oxygens (including phenoxy) is 1. The van der Waals surface area contributed by atoms with E-state index in [0.29, 0.717) is 0 Å². The molecular formula is C6H6ClN4O5S-. The van der Waals surface area contributed by atoms with Crippen LogP contribution in [0, 0.1) is 0 Å². The molecule has 9 nitrogen and oxygen atoms in total. The number of hydrogen-bond acceptors (Lipinski definition) is 7. The normalized spacial score (nSPS) is 10.8. The van der Waals surface area contributed by atoms with Gasteiger partial charge in [-0.25, -0.2) is 22.9 Å². The molecule has 0 aliphatic carbocycles. The summed E-state index contributed by atoms with van der Waals surface area (Å²) in [5.74, 6) is -0.249. The molecule has 0 spiro atoms. The number of aromatic nitrogens is 2. The van der Waals surface area contributed by atoms with E-state index in [1.807, 2.05) is 5.32 Å². The van der Waals surface area contributed by atoms with Gasteiger partial charge in [-0.2, -0.15) is 4.98 Å². The van der Waals surface area contributed by atoms with Gasteiger partial charge in [-0.3, -0.25) is 5.32 Å². The predicted octanol–water partition coefficient (Wildman–Crippen LogP) is -0.280. The van der Waals surface area contributed by atoms with Crippen LogP contribution in [0.4, 0.5) is 10.7 Å². The fraction of sp³-hybridized carbons (Fsp3) is 0.167. The molecule has 11 heteroatoms. The third-order valence-electron chi connectivity index (χ3n) is 1.32. The van der Waals surface area contributed by atoms with E-state index in [1.54, 1.807) is 0 Å². The number of rotatable bonds is 3. The molecule has 0 atom stereocenters. The first kappa shape index (κ1) is 13.4. The van der Waals surface area contributed by atoms with Gasteiger partial charge in [0.1, 0.15) is 5.15 Å². The fourth-order valence-corrected chi connectivity index (χ4v) is 1.25. The van der Waals surface area contributed by atoms with Crippen molar-refractivity contribution in [2.45, 2.75) is 0 Å². The summed E-state index contributed by atoms with van der Waals surface area (Å²) < 4.78 is 36.5. The van der Waals surface area contributed by atoms with E-state index in [-0.39, 0.29) is 17.0 Å². The van der Waals surface area contributed by atoms with Gasteiger partial charge in [0.05, 0.1) is 7.11 Å². The molecule has 0 unspecified atom stereocenters. The highest BCUT2D eigenvalue weighted by Gasteiger charge is 2.09. The second-order valence-corrected chi connectivity index (χ2v) is 4.07. The van der Waals surface area contributed by atoms with Crippen LogP contribution in [0.1, 0.15) is 0 Å². The third kappa shape index (κ3) is 4.80. The molecule has 2 N–H and O–H groups in total. The van der Waals surface area contributed by atoms with E-state index >= 15 is 0 Å². The largest absolute Gasteiger partial charge is 0.731 e. The van der Waals surface area contributed by atoms with Crippen LogP contribution in [0.5, 0.6) is 5.88 Å². The Bertz CT molecular complexity index is 533. The van der Waals surface area contributed by atoms with E-state index in [1.165, 1.54) is 13.2 Å². The number of carbonyl (C=O) groups is 1. The number of methoxy groups -OCH3 is 1. The summed E-state index contributed by atoms with van der Waals surface area (Å²) in [5.41, 5.74) is 0. The summed E-state index contributed by atoms with van der Waals surface area (Å²) in [6.07, 6.45) is 0. The fourth-order valence-electron chi connectivity index (χ4n) is 0.798. The predicted molar refractivity (Wildman–Crippen MR) is 55.4 cm³/mol. The number of hydrogen-bond donors (Lipinski definition) is 2. The highest BCUT2D eigenvalue weighted by molar-refractivity contribution is 7.84. The van der Waals surface area contributed by atoms with Crippen LogP contribution in [-0.2, 0) is 10.3 Å². The molecule has 1 heterocycles. The molecule has 1 aromatic heterocycles. The van der Waals surface area contributed by atoms with Crippen molar-refractivity contribution in [2.75, 3.05) is 12.4 Å². The van der Waals surface area contributed by atoms with Gasteiger partial charge in [0.15, 0.2) is 10.3 Å². The van der Waals surface area contributed by atoms with Gasteiger partial charge >= 0.3 is 6.03 Å². The van der Waals surface area contributed by atoms with Crippen molar-refractivity contribution >= 4 is 33.9 Å². The Hall–Kier alpha value is -1.65. The van der Waals surface area contributed by atoms with Crippen molar-refractivity contribution in [3.05, 3.63) is 11.2 Å².